The molecule has 4 nitrogen and oxygen atoms in total. The highest BCUT2D eigenvalue weighted by molar-refractivity contribution is 5.61. The van der Waals surface area contributed by atoms with E-state index in [-0.39, 0.29) is 11.4 Å². The SMILES string of the molecule is Cc1c(Nc2ccc(F)cc2)c(=O)n(-c2ccccc2)n1C. The number of hydrogen-bond acceptors (Lipinski definition) is 2. The molecule has 0 saturated heterocycles. The summed E-state index contributed by atoms with van der Waals surface area (Å²) < 4.78 is 16.4. The van der Waals surface area contributed by atoms with Crippen LogP contribution in [0.1, 0.15) is 5.69 Å². The van der Waals surface area contributed by atoms with Crippen molar-refractivity contribution in [2.75, 3.05) is 5.32 Å². The number of anilines is 2. The Morgan fingerprint density at radius 1 is 1.00 bits per heavy atom. The molecule has 0 radical (unpaired) electrons. The molecule has 22 heavy (non-hydrogen) atoms. The molecule has 0 aliphatic rings. The van der Waals surface area contributed by atoms with Gasteiger partial charge in [-0.05, 0) is 43.3 Å². The molecule has 2 aromatic carbocycles. The Hall–Kier alpha value is -2.82. The summed E-state index contributed by atoms with van der Waals surface area (Å²) in [6, 6.07) is 15.4. The summed E-state index contributed by atoms with van der Waals surface area (Å²) in [6.07, 6.45) is 0. The summed E-state index contributed by atoms with van der Waals surface area (Å²) in [4.78, 5) is 12.7. The van der Waals surface area contributed by atoms with Crippen LogP contribution in [0.5, 0.6) is 0 Å². The van der Waals surface area contributed by atoms with Crippen molar-refractivity contribution in [3.8, 4) is 5.69 Å². The van der Waals surface area contributed by atoms with E-state index in [0.29, 0.717) is 11.4 Å². The number of nitrogens with one attached hydrogen (secondary N) is 1. The van der Waals surface area contributed by atoms with Gasteiger partial charge in [0.25, 0.3) is 5.56 Å². The molecule has 112 valence electrons. The van der Waals surface area contributed by atoms with Gasteiger partial charge < -0.3 is 5.32 Å². The predicted molar refractivity (Wildman–Crippen MR) is 85.4 cm³/mol. The molecule has 0 aliphatic heterocycles. The predicted octanol–water partition coefficient (Wildman–Crippen LogP) is 3.37. The molecule has 0 fully saturated rings. The van der Waals surface area contributed by atoms with Gasteiger partial charge in [0, 0.05) is 12.7 Å². The number of rotatable bonds is 3. The lowest BCUT2D eigenvalue weighted by Crippen LogP contribution is -2.20. The first-order valence-corrected chi connectivity index (χ1v) is 6.94. The van der Waals surface area contributed by atoms with Gasteiger partial charge in [-0.25, -0.2) is 9.07 Å². The van der Waals surface area contributed by atoms with Crippen molar-refractivity contribution in [2.24, 2.45) is 7.05 Å². The van der Waals surface area contributed by atoms with Crippen LogP contribution in [0.3, 0.4) is 0 Å². The van der Waals surface area contributed by atoms with E-state index < -0.39 is 0 Å². The molecule has 1 aromatic heterocycles. The maximum atomic E-state index is 13.0. The van der Waals surface area contributed by atoms with Gasteiger partial charge in [0.05, 0.1) is 11.4 Å². The van der Waals surface area contributed by atoms with Crippen LogP contribution in [-0.2, 0) is 7.05 Å². The lowest BCUT2D eigenvalue weighted by atomic mass is 10.3. The van der Waals surface area contributed by atoms with Crippen molar-refractivity contribution in [1.82, 2.24) is 9.36 Å². The number of benzene rings is 2. The zero-order valence-corrected chi connectivity index (χ0v) is 12.4. The number of nitrogens with zero attached hydrogens (tertiary/aromatic N) is 2. The molecular weight excluding hydrogens is 281 g/mol. The topological polar surface area (TPSA) is 39.0 Å². The lowest BCUT2D eigenvalue weighted by Gasteiger charge is -2.07. The van der Waals surface area contributed by atoms with Crippen molar-refractivity contribution < 1.29 is 4.39 Å². The van der Waals surface area contributed by atoms with Crippen molar-refractivity contribution in [1.29, 1.82) is 0 Å². The fourth-order valence-corrected chi connectivity index (χ4v) is 2.39. The van der Waals surface area contributed by atoms with Crippen LogP contribution in [-0.4, -0.2) is 9.36 Å². The van der Waals surface area contributed by atoms with E-state index in [0.717, 1.165) is 11.4 Å². The maximum Gasteiger partial charge on any atom is 0.295 e. The lowest BCUT2D eigenvalue weighted by molar-refractivity contribution is 0.628. The second-order valence-corrected chi connectivity index (χ2v) is 5.07. The summed E-state index contributed by atoms with van der Waals surface area (Å²) in [7, 11) is 1.83. The molecule has 0 aliphatic carbocycles. The second kappa shape index (κ2) is 5.52. The Kier molecular flexibility index (Phi) is 3.55. The average Bonchev–Trinajstić information content (AvgIpc) is 2.74. The first-order valence-electron chi connectivity index (χ1n) is 6.94. The molecule has 3 aromatic rings. The molecular formula is C17H16FN3O. The largest absolute Gasteiger partial charge is 0.349 e. The van der Waals surface area contributed by atoms with Gasteiger partial charge in [-0.2, -0.15) is 0 Å². The van der Waals surface area contributed by atoms with Gasteiger partial charge in [-0.15, -0.1) is 0 Å². The minimum Gasteiger partial charge on any atom is -0.349 e. The van der Waals surface area contributed by atoms with Crippen molar-refractivity contribution in [2.45, 2.75) is 6.92 Å². The summed E-state index contributed by atoms with van der Waals surface area (Å²) in [6.45, 7) is 1.87. The monoisotopic (exact) mass is 297 g/mol. The normalized spacial score (nSPS) is 10.7. The molecule has 0 spiro atoms. The molecule has 0 atom stereocenters. The molecule has 0 amide bonds. The van der Waals surface area contributed by atoms with Crippen LogP contribution in [0.15, 0.2) is 59.4 Å². The molecule has 3 rings (SSSR count). The first kappa shape index (κ1) is 14.1. The van der Waals surface area contributed by atoms with Crippen LogP contribution in [0.2, 0.25) is 0 Å². The highest BCUT2D eigenvalue weighted by atomic mass is 19.1. The van der Waals surface area contributed by atoms with Gasteiger partial charge in [0.2, 0.25) is 0 Å². The van der Waals surface area contributed by atoms with Gasteiger partial charge in [-0.1, -0.05) is 18.2 Å². The van der Waals surface area contributed by atoms with Crippen LogP contribution >= 0.6 is 0 Å². The Balaban J connectivity index is 2.07. The highest BCUT2D eigenvalue weighted by Crippen LogP contribution is 2.19. The maximum absolute atomic E-state index is 13.0. The summed E-state index contributed by atoms with van der Waals surface area (Å²) >= 11 is 0. The van der Waals surface area contributed by atoms with E-state index in [9.17, 15) is 9.18 Å². The molecule has 0 saturated carbocycles. The number of halogens is 1. The number of aromatic nitrogens is 2. The molecule has 5 heteroatoms. The Labute approximate surface area is 127 Å². The number of hydrogen-bond donors (Lipinski definition) is 1. The van der Waals surface area contributed by atoms with E-state index in [1.165, 1.54) is 12.1 Å². The zero-order chi connectivity index (χ0) is 15.7. The summed E-state index contributed by atoms with van der Waals surface area (Å²) in [5.41, 5.74) is 2.62. The van der Waals surface area contributed by atoms with E-state index in [4.69, 9.17) is 0 Å². The molecule has 0 unspecified atom stereocenters. The van der Waals surface area contributed by atoms with Crippen molar-refractivity contribution in [3.05, 3.63) is 76.5 Å². The summed E-state index contributed by atoms with van der Waals surface area (Å²) in [5, 5.41) is 3.08. The minimum atomic E-state index is -0.308. The smallest absolute Gasteiger partial charge is 0.295 e. The van der Waals surface area contributed by atoms with Crippen LogP contribution < -0.4 is 10.9 Å². The Bertz CT molecular complexity index is 848. The van der Waals surface area contributed by atoms with Gasteiger partial charge in [-0.3, -0.25) is 9.48 Å². The Morgan fingerprint density at radius 3 is 2.27 bits per heavy atom. The zero-order valence-electron chi connectivity index (χ0n) is 12.4. The third kappa shape index (κ3) is 2.41. The van der Waals surface area contributed by atoms with Gasteiger partial charge >= 0.3 is 0 Å². The molecule has 0 bridgehead atoms. The standard InChI is InChI=1S/C17H16FN3O/c1-12-16(19-14-10-8-13(18)9-11-14)17(22)21(20(12)2)15-6-4-3-5-7-15/h3-11,19H,1-2H3. The van der Waals surface area contributed by atoms with Gasteiger partial charge in [0.1, 0.15) is 11.5 Å². The fraction of sp³-hybridized carbons (Fsp3) is 0.118. The first-order chi connectivity index (χ1) is 10.6. The third-order valence-corrected chi connectivity index (χ3v) is 3.67. The van der Waals surface area contributed by atoms with Crippen LogP contribution in [0.25, 0.3) is 5.69 Å². The highest BCUT2D eigenvalue weighted by Gasteiger charge is 2.15. The van der Waals surface area contributed by atoms with Crippen molar-refractivity contribution >= 4 is 11.4 Å². The fourth-order valence-electron chi connectivity index (χ4n) is 2.39. The van der Waals surface area contributed by atoms with E-state index in [1.807, 2.05) is 44.3 Å². The molecule has 1 heterocycles. The minimum absolute atomic E-state index is 0.143. The van der Waals surface area contributed by atoms with Gasteiger partial charge in [0.15, 0.2) is 0 Å². The molecule has 1 N–H and O–H groups in total. The quantitative estimate of drug-likeness (QED) is 0.805. The number of para-hydroxylation sites is 1. The Morgan fingerprint density at radius 2 is 1.64 bits per heavy atom. The summed E-state index contributed by atoms with van der Waals surface area (Å²) in [5.74, 6) is -0.308. The van der Waals surface area contributed by atoms with Crippen LogP contribution in [0, 0.1) is 12.7 Å². The van der Waals surface area contributed by atoms with E-state index in [2.05, 4.69) is 5.32 Å². The second-order valence-electron chi connectivity index (χ2n) is 5.07. The van der Waals surface area contributed by atoms with E-state index in [1.54, 1.807) is 21.5 Å². The third-order valence-electron chi connectivity index (χ3n) is 3.67. The average molecular weight is 297 g/mol. The van der Waals surface area contributed by atoms with E-state index >= 15 is 0 Å². The van der Waals surface area contributed by atoms with Crippen molar-refractivity contribution in [3.63, 3.8) is 0 Å². The van der Waals surface area contributed by atoms with Crippen LogP contribution in [0.4, 0.5) is 15.8 Å².